The van der Waals surface area contributed by atoms with E-state index in [1.165, 1.54) is 0 Å². The van der Waals surface area contributed by atoms with Crippen LogP contribution in [-0.2, 0) is 4.79 Å². The van der Waals surface area contributed by atoms with Crippen molar-refractivity contribution in [2.75, 3.05) is 26.2 Å². The van der Waals surface area contributed by atoms with Crippen molar-refractivity contribution in [2.45, 2.75) is 48.0 Å². The fourth-order valence-electron chi connectivity index (χ4n) is 3.07. The van der Waals surface area contributed by atoms with E-state index in [2.05, 4.69) is 51.8 Å². The number of nitrogens with one attached hydrogen (secondary N) is 1. The molecule has 1 fully saturated rings. The molecule has 0 aromatic heterocycles. The van der Waals surface area contributed by atoms with Gasteiger partial charge in [0, 0.05) is 19.6 Å². The third-order valence-electron chi connectivity index (χ3n) is 4.18. The average Bonchev–Trinajstić information content (AvgIpc) is 2.76. The molecular formula is C16H32N2O. The first kappa shape index (κ1) is 16.5. The summed E-state index contributed by atoms with van der Waals surface area (Å²) in [5.41, 5.74) is -0.177. The Balaban J connectivity index is 2.89. The smallest absolute Gasteiger partial charge is 0.230 e. The van der Waals surface area contributed by atoms with Crippen LogP contribution >= 0.6 is 0 Å². The molecule has 1 N–H and O–H groups in total. The monoisotopic (exact) mass is 268 g/mol. The summed E-state index contributed by atoms with van der Waals surface area (Å²) < 4.78 is 0. The van der Waals surface area contributed by atoms with Gasteiger partial charge in [0.05, 0.1) is 5.41 Å². The lowest BCUT2D eigenvalue weighted by Crippen LogP contribution is -2.50. The van der Waals surface area contributed by atoms with Crippen LogP contribution in [0.25, 0.3) is 0 Å². The van der Waals surface area contributed by atoms with Gasteiger partial charge in [-0.05, 0) is 30.7 Å². The van der Waals surface area contributed by atoms with Gasteiger partial charge in [0.25, 0.3) is 0 Å². The lowest BCUT2D eigenvalue weighted by atomic mass is 9.75. The summed E-state index contributed by atoms with van der Waals surface area (Å²) in [5, 5.41) is 3.39. The molecule has 1 atom stereocenters. The molecule has 3 nitrogen and oxygen atoms in total. The summed E-state index contributed by atoms with van der Waals surface area (Å²) in [6.07, 6.45) is 0.982. The second kappa shape index (κ2) is 6.74. The summed E-state index contributed by atoms with van der Waals surface area (Å²) >= 11 is 0. The molecule has 0 bridgehead atoms. The van der Waals surface area contributed by atoms with E-state index in [-0.39, 0.29) is 5.41 Å². The Morgan fingerprint density at radius 2 is 1.63 bits per heavy atom. The molecule has 112 valence electrons. The molecule has 1 heterocycles. The molecule has 1 rings (SSSR count). The second-order valence-electron chi connectivity index (χ2n) is 7.24. The molecule has 0 radical (unpaired) electrons. The van der Waals surface area contributed by atoms with Crippen molar-refractivity contribution >= 4 is 5.91 Å². The molecule has 1 aliphatic rings. The van der Waals surface area contributed by atoms with Crippen molar-refractivity contribution in [1.82, 2.24) is 10.2 Å². The number of hydrogen-bond donors (Lipinski definition) is 1. The number of nitrogens with zero attached hydrogens (tertiary/aromatic N) is 1. The van der Waals surface area contributed by atoms with Crippen molar-refractivity contribution in [3.8, 4) is 0 Å². The molecule has 1 amide bonds. The van der Waals surface area contributed by atoms with Crippen LogP contribution in [-0.4, -0.2) is 37.0 Å². The molecule has 0 spiro atoms. The molecule has 0 saturated carbocycles. The predicted octanol–water partition coefficient (Wildman–Crippen LogP) is 2.76. The number of carbonyl (C=O) groups is 1. The normalized spacial score (nSPS) is 23.6. The van der Waals surface area contributed by atoms with Crippen molar-refractivity contribution in [1.29, 1.82) is 0 Å². The summed E-state index contributed by atoms with van der Waals surface area (Å²) in [5.74, 6) is 1.83. The molecule has 0 aromatic rings. The highest BCUT2D eigenvalue weighted by atomic mass is 16.2. The summed E-state index contributed by atoms with van der Waals surface area (Å²) in [7, 11) is 0. The molecule has 1 aliphatic heterocycles. The lowest BCUT2D eigenvalue weighted by Gasteiger charge is -2.38. The highest BCUT2D eigenvalue weighted by molar-refractivity contribution is 5.83. The molecule has 19 heavy (non-hydrogen) atoms. The maximum atomic E-state index is 13.1. The van der Waals surface area contributed by atoms with Crippen molar-refractivity contribution in [3.05, 3.63) is 0 Å². The van der Waals surface area contributed by atoms with Crippen LogP contribution in [0.5, 0.6) is 0 Å². The average molecular weight is 268 g/mol. The van der Waals surface area contributed by atoms with Crippen LogP contribution in [0.2, 0.25) is 0 Å². The lowest BCUT2D eigenvalue weighted by molar-refractivity contribution is -0.144. The van der Waals surface area contributed by atoms with Gasteiger partial charge in [-0.15, -0.1) is 0 Å². The van der Waals surface area contributed by atoms with Crippen molar-refractivity contribution in [2.24, 2.45) is 23.2 Å². The van der Waals surface area contributed by atoms with Gasteiger partial charge in [0.15, 0.2) is 0 Å². The third-order valence-corrected chi connectivity index (χ3v) is 4.18. The highest BCUT2D eigenvalue weighted by Gasteiger charge is 2.46. The first-order chi connectivity index (χ1) is 8.79. The van der Waals surface area contributed by atoms with E-state index in [1.807, 2.05) is 0 Å². The quantitative estimate of drug-likeness (QED) is 0.803. The zero-order valence-corrected chi connectivity index (χ0v) is 13.6. The number of hydrogen-bond acceptors (Lipinski definition) is 2. The number of amides is 1. The Kier molecular flexibility index (Phi) is 5.84. The van der Waals surface area contributed by atoms with Gasteiger partial charge in [0.1, 0.15) is 0 Å². The van der Waals surface area contributed by atoms with E-state index in [0.29, 0.717) is 23.7 Å². The Morgan fingerprint density at radius 1 is 1.11 bits per heavy atom. The molecule has 0 aromatic carbocycles. The van der Waals surface area contributed by atoms with Crippen LogP contribution in [0.4, 0.5) is 0 Å². The predicted molar refractivity (Wildman–Crippen MR) is 81.0 cm³/mol. The number of carbonyl (C=O) groups excluding carboxylic acids is 1. The SMILES string of the molecule is CC(C)CN(CC(C)C)C(=O)C1(C(C)C)CCNC1. The Labute approximate surface area is 119 Å². The van der Waals surface area contributed by atoms with Crippen LogP contribution in [0.15, 0.2) is 0 Å². The first-order valence-corrected chi connectivity index (χ1v) is 7.79. The standard InChI is InChI=1S/C16H32N2O/c1-12(2)9-18(10-13(3)4)15(19)16(14(5)6)7-8-17-11-16/h12-14,17H,7-11H2,1-6H3. The van der Waals surface area contributed by atoms with Crippen LogP contribution in [0.1, 0.15) is 48.0 Å². The first-order valence-electron chi connectivity index (χ1n) is 7.79. The third kappa shape index (κ3) is 3.95. The van der Waals surface area contributed by atoms with E-state index >= 15 is 0 Å². The number of rotatable bonds is 6. The van der Waals surface area contributed by atoms with Gasteiger partial charge in [-0.1, -0.05) is 41.5 Å². The maximum Gasteiger partial charge on any atom is 0.230 e. The molecule has 1 unspecified atom stereocenters. The van der Waals surface area contributed by atoms with Crippen LogP contribution < -0.4 is 5.32 Å². The minimum Gasteiger partial charge on any atom is -0.342 e. The van der Waals surface area contributed by atoms with Crippen LogP contribution in [0.3, 0.4) is 0 Å². The largest absolute Gasteiger partial charge is 0.342 e. The van der Waals surface area contributed by atoms with Gasteiger partial charge in [-0.3, -0.25) is 4.79 Å². The van der Waals surface area contributed by atoms with E-state index < -0.39 is 0 Å². The zero-order chi connectivity index (χ0) is 14.6. The highest BCUT2D eigenvalue weighted by Crippen LogP contribution is 2.36. The fraction of sp³-hybridized carbons (Fsp3) is 0.938. The Bertz CT molecular complexity index is 281. The van der Waals surface area contributed by atoms with Crippen LogP contribution in [0, 0.1) is 23.2 Å². The van der Waals surface area contributed by atoms with Gasteiger partial charge >= 0.3 is 0 Å². The fourth-order valence-corrected chi connectivity index (χ4v) is 3.07. The maximum absolute atomic E-state index is 13.1. The van der Waals surface area contributed by atoms with E-state index in [9.17, 15) is 4.79 Å². The summed E-state index contributed by atoms with van der Waals surface area (Å²) in [6, 6.07) is 0. The Morgan fingerprint density at radius 3 is 1.95 bits per heavy atom. The minimum absolute atomic E-state index is 0.177. The van der Waals surface area contributed by atoms with Gasteiger partial charge in [-0.25, -0.2) is 0 Å². The topological polar surface area (TPSA) is 32.3 Å². The van der Waals surface area contributed by atoms with Crippen molar-refractivity contribution in [3.63, 3.8) is 0 Å². The molecular weight excluding hydrogens is 236 g/mol. The second-order valence-corrected chi connectivity index (χ2v) is 7.24. The summed E-state index contributed by atoms with van der Waals surface area (Å²) in [6.45, 7) is 16.7. The van der Waals surface area contributed by atoms with Crippen molar-refractivity contribution < 1.29 is 4.79 Å². The minimum atomic E-state index is -0.177. The van der Waals surface area contributed by atoms with Gasteiger partial charge in [-0.2, -0.15) is 0 Å². The zero-order valence-electron chi connectivity index (χ0n) is 13.6. The summed E-state index contributed by atoms with van der Waals surface area (Å²) in [4.78, 5) is 15.2. The molecule has 1 saturated heterocycles. The van der Waals surface area contributed by atoms with E-state index in [1.54, 1.807) is 0 Å². The molecule has 3 heteroatoms. The Hall–Kier alpha value is -0.570. The molecule has 0 aliphatic carbocycles. The van der Waals surface area contributed by atoms with E-state index in [0.717, 1.165) is 32.6 Å². The van der Waals surface area contributed by atoms with E-state index in [4.69, 9.17) is 0 Å². The van der Waals surface area contributed by atoms with Gasteiger partial charge in [0.2, 0.25) is 5.91 Å². The van der Waals surface area contributed by atoms with Gasteiger partial charge < -0.3 is 10.2 Å².